The summed E-state index contributed by atoms with van der Waals surface area (Å²) in [7, 11) is 0. The summed E-state index contributed by atoms with van der Waals surface area (Å²) in [5.41, 5.74) is 1.98. The van der Waals surface area contributed by atoms with E-state index in [9.17, 15) is 14.0 Å². The zero-order valence-corrected chi connectivity index (χ0v) is 14.4. The Kier molecular flexibility index (Phi) is 5.36. The number of aromatic nitrogens is 2. The predicted octanol–water partition coefficient (Wildman–Crippen LogP) is 3.57. The van der Waals surface area contributed by atoms with Gasteiger partial charge in [0, 0.05) is 36.4 Å². The van der Waals surface area contributed by atoms with Crippen LogP contribution < -0.4 is 16.0 Å². The van der Waals surface area contributed by atoms with Gasteiger partial charge in [-0.3, -0.25) is 9.59 Å². The van der Waals surface area contributed by atoms with Crippen molar-refractivity contribution in [3.63, 3.8) is 0 Å². The second-order valence-corrected chi connectivity index (χ2v) is 5.64. The van der Waals surface area contributed by atoms with E-state index in [1.807, 2.05) is 0 Å². The summed E-state index contributed by atoms with van der Waals surface area (Å²) < 4.78 is 13.2. The minimum atomic E-state index is -0.375. The quantitative estimate of drug-likeness (QED) is 0.642. The molecule has 7 nitrogen and oxygen atoms in total. The fourth-order valence-electron chi connectivity index (χ4n) is 2.25. The van der Waals surface area contributed by atoms with Crippen molar-refractivity contribution in [2.45, 2.75) is 6.92 Å². The van der Waals surface area contributed by atoms with Gasteiger partial charge in [-0.2, -0.15) is 0 Å². The lowest BCUT2D eigenvalue weighted by Gasteiger charge is -2.08. The lowest BCUT2D eigenvalue weighted by atomic mass is 10.2. The largest absolute Gasteiger partial charge is 0.326 e. The summed E-state index contributed by atoms with van der Waals surface area (Å²) in [6.07, 6.45) is 2.74. The van der Waals surface area contributed by atoms with Crippen LogP contribution in [0, 0.1) is 5.82 Å². The Labute approximate surface area is 154 Å². The van der Waals surface area contributed by atoms with Crippen molar-refractivity contribution in [2.75, 3.05) is 16.0 Å². The number of nitrogens with one attached hydrogen (secondary N) is 3. The number of carbonyl (C=O) groups is 2. The van der Waals surface area contributed by atoms with E-state index in [-0.39, 0.29) is 29.1 Å². The molecule has 0 aliphatic carbocycles. The van der Waals surface area contributed by atoms with E-state index >= 15 is 0 Å². The molecule has 2 aromatic carbocycles. The van der Waals surface area contributed by atoms with Crippen molar-refractivity contribution < 1.29 is 14.0 Å². The van der Waals surface area contributed by atoms with Crippen LogP contribution in [0.4, 0.5) is 27.4 Å². The van der Waals surface area contributed by atoms with Gasteiger partial charge >= 0.3 is 0 Å². The molecule has 27 heavy (non-hydrogen) atoms. The van der Waals surface area contributed by atoms with E-state index in [2.05, 4.69) is 25.9 Å². The number of hydrogen-bond donors (Lipinski definition) is 3. The molecule has 3 aromatic rings. The first-order chi connectivity index (χ1) is 13.0. The molecule has 0 aliphatic heterocycles. The van der Waals surface area contributed by atoms with Gasteiger partial charge in [-0.15, -0.1) is 0 Å². The normalized spacial score (nSPS) is 10.1. The molecule has 0 spiro atoms. The maximum absolute atomic E-state index is 13.2. The first kappa shape index (κ1) is 18.0. The van der Waals surface area contributed by atoms with Crippen molar-refractivity contribution in [3.8, 4) is 0 Å². The van der Waals surface area contributed by atoms with E-state index in [0.29, 0.717) is 17.1 Å². The Morgan fingerprint density at radius 2 is 1.52 bits per heavy atom. The number of benzene rings is 2. The molecule has 3 rings (SSSR count). The Balaban J connectivity index is 1.62. The first-order valence-corrected chi connectivity index (χ1v) is 8.03. The third-order valence-electron chi connectivity index (χ3n) is 3.46. The number of hydrogen-bond acceptors (Lipinski definition) is 5. The molecule has 3 N–H and O–H groups in total. The number of anilines is 4. The summed E-state index contributed by atoms with van der Waals surface area (Å²) in [4.78, 5) is 31.4. The topological polar surface area (TPSA) is 96.0 Å². The van der Waals surface area contributed by atoms with Gasteiger partial charge in [-0.25, -0.2) is 14.4 Å². The molecule has 0 atom stereocenters. The Hall–Kier alpha value is -3.81. The second-order valence-electron chi connectivity index (χ2n) is 5.64. The van der Waals surface area contributed by atoms with Crippen LogP contribution in [0.2, 0.25) is 0 Å². The van der Waals surface area contributed by atoms with E-state index in [1.54, 1.807) is 36.4 Å². The van der Waals surface area contributed by atoms with E-state index in [1.165, 1.54) is 31.5 Å². The van der Waals surface area contributed by atoms with Crippen LogP contribution in [-0.4, -0.2) is 21.8 Å². The van der Waals surface area contributed by atoms with Crippen LogP contribution in [0.25, 0.3) is 0 Å². The highest BCUT2D eigenvalue weighted by Gasteiger charge is 2.08. The number of nitrogens with zero attached hydrogens (tertiary/aromatic N) is 2. The monoisotopic (exact) mass is 365 g/mol. The van der Waals surface area contributed by atoms with Gasteiger partial charge in [0.25, 0.3) is 5.91 Å². The third-order valence-corrected chi connectivity index (χ3v) is 3.46. The van der Waals surface area contributed by atoms with Crippen LogP contribution in [0.1, 0.15) is 17.3 Å². The van der Waals surface area contributed by atoms with Gasteiger partial charge in [0.05, 0.1) is 5.56 Å². The van der Waals surface area contributed by atoms with Crippen molar-refractivity contribution in [1.29, 1.82) is 0 Å². The number of amides is 2. The average Bonchev–Trinajstić information content (AvgIpc) is 2.63. The number of halogens is 1. The summed E-state index contributed by atoms with van der Waals surface area (Å²) in [5.74, 6) is -0.673. The minimum Gasteiger partial charge on any atom is -0.326 e. The minimum absolute atomic E-state index is 0.170. The molecule has 0 saturated heterocycles. The van der Waals surface area contributed by atoms with Crippen molar-refractivity contribution in [1.82, 2.24) is 9.97 Å². The SMILES string of the molecule is CC(=O)Nc1ccc(NC(=O)c2cnc(Nc3cccc(F)c3)nc2)cc1. The van der Waals surface area contributed by atoms with Gasteiger partial charge in [0.15, 0.2) is 0 Å². The van der Waals surface area contributed by atoms with Crippen molar-refractivity contribution in [2.24, 2.45) is 0 Å². The van der Waals surface area contributed by atoms with Crippen molar-refractivity contribution in [3.05, 3.63) is 72.3 Å². The maximum atomic E-state index is 13.2. The van der Waals surface area contributed by atoms with E-state index < -0.39 is 0 Å². The molecule has 0 fully saturated rings. The molecule has 0 bridgehead atoms. The lowest BCUT2D eigenvalue weighted by Crippen LogP contribution is -2.13. The molecule has 0 radical (unpaired) electrons. The van der Waals surface area contributed by atoms with E-state index in [4.69, 9.17) is 0 Å². The molecule has 8 heteroatoms. The van der Waals surface area contributed by atoms with Gasteiger partial charge in [-0.05, 0) is 42.5 Å². The zero-order valence-electron chi connectivity index (χ0n) is 14.4. The highest BCUT2D eigenvalue weighted by Crippen LogP contribution is 2.16. The molecule has 2 amide bonds. The van der Waals surface area contributed by atoms with Crippen LogP contribution in [0.15, 0.2) is 60.9 Å². The molecular weight excluding hydrogens is 349 g/mol. The molecular formula is C19H16FN5O2. The highest BCUT2D eigenvalue weighted by atomic mass is 19.1. The summed E-state index contributed by atoms with van der Waals surface area (Å²) in [6, 6.07) is 12.6. The summed E-state index contributed by atoms with van der Waals surface area (Å²) in [5, 5.41) is 8.21. The third kappa shape index (κ3) is 5.08. The van der Waals surface area contributed by atoms with Gasteiger partial charge in [0.2, 0.25) is 11.9 Å². The van der Waals surface area contributed by atoms with Crippen LogP contribution in [0.5, 0.6) is 0 Å². The van der Waals surface area contributed by atoms with Crippen molar-refractivity contribution >= 4 is 34.8 Å². The zero-order chi connectivity index (χ0) is 19.2. The van der Waals surface area contributed by atoms with Gasteiger partial charge in [-0.1, -0.05) is 6.07 Å². The molecule has 1 heterocycles. The van der Waals surface area contributed by atoms with E-state index in [0.717, 1.165) is 0 Å². The number of carbonyl (C=O) groups excluding carboxylic acids is 2. The van der Waals surface area contributed by atoms with Crippen LogP contribution in [0.3, 0.4) is 0 Å². The maximum Gasteiger partial charge on any atom is 0.258 e. The molecule has 0 aliphatic rings. The molecule has 1 aromatic heterocycles. The Bertz CT molecular complexity index is 959. The predicted molar refractivity (Wildman–Crippen MR) is 100 cm³/mol. The average molecular weight is 365 g/mol. The fourth-order valence-corrected chi connectivity index (χ4v) is 2.25. The Morgan fingerprint density at radius 3 is 2.11 bits per heavy atom. The smallest absolute Gasteiger partial charge is 0.258 e. The molecule has 0 saturated carbocycles. The lowest BCUT2D eigenvalue weighted by molar-refractivity contribution is -0.114. The highest BCUT2D eigenvalue weighted by molar-refractivity contribution is 6.04. The number of rotatable bonds is 5. The van der Waals surface area contributed by atoms with Gasteiger partial charge < -0.3 is 16.0 Å². The summed E-state index contributed by atoms with van der Waals surface area (Å²) in [6.45, 7) is 1.42. The molecule has 0 unspecified atom stereocenters. The van der Waals surface area contributed by atoms with Crippen LogP contribution >= 0.6 is 0 Å². The standard InChI is InChI=1S/C19H16FN5O2/c1-12(26)23-15-5-7-16(8-6-15)24-18(27)13-10-21-19(22-11-13)25-17-4-2-3-14(20)9-17/h2-11H,1H3,(H,23,26)(H,24,27)(H,21,22,25). The fraction of sp³-hybridized carbons (Fsp3) is 0.0526. The second kappa shape index (κ2) is 8.05. The van der Waals surface area contributed by atoms with Gasteiger partial charge in [0.1, 0.15) is 5.82 Å². The first-order valence-electron chi connectivity index (χ1n) is 8.03. The summed E-state index contributed by atoms with van der Waals surface area (Å²) >= 11 is 0. The van der Waals surface area contributed by atoms with Crippen LogP contribution in [-0.2, 0) is 4.79 Å². The molecule has 136 valence electrons. The Morgan fingerprint density at radius 1 is 0.889 bits per heavy atom.